The normalized spacial score (nSPS) is 23.1. The van der Waals surface area contributed by atoms with E-state index in [1.807, 2.05) is 18.9 Å². The highest BCUT2D eigenvalue weighted by Crippen LogP contribution is 2.25. The van der Waals surface area contributed by atoms with Gasteiger partial charge in [0.2, 0.25) is 0 Å². The van der Waals surface area contributed by atoms with Crippen LogP contribution in [0.25, 0.3) is 0 Å². The van der Waals surface area contributed by atoms with Gasteiger partial charge < -0.3 is 14.7 Å². The molecule has 18 heavy (non-hydrogen) atoms. The number of carboxylic acid groups (broad SMARTS) is 1. The maximum absolute atomic E-state index is 13.6. The lowest BCUT2D eigenvalue weighted by Crippen LogP contribution is -2.36. The second-order valence-corrected chi connectivity index (χ2v) is 4.51. The van der Waals surface area contributed by atoms with E-state index < -0.39 is 11.8 Å². The monoisotopic (exact) mass is 253 g/mol. The number of benzene rings is 1. The molecule has 98 valence electrons. The third-order valence-electron chi connectivity index (χ3n) is 3.42. The number of ether oxygens (including phenoxy) is 1. The number of nitrogens with zero attached hydrogens (tertiary/aromatic N) is 1. The van der Waals surface area contributed by atoms with Crippen molar-refractivity contribution >= 4 is 11.7 Å². The van der Waals surface area contributed by atoms with Crippen molar-refractivity contribution in [2.24, 2.45) is 0 Å². The molecule has 1 aromatic carbocycles. The quantitative estimate of drug-likeness (QED) is 0.896. The van der Waals surface area contributed by atoms with E-state index in [1.54, 1.807) is 6.07 Å². The van der Waals surface area contributed by atoms with Gasteiger partial charge in [-0.3, -0.25) is 0 Å². The van der Waals surface area contributed by atoms with Crippen molar-refractivity contribution < 1.29 is 19.0 Å². The lowest BCUT2D eigenvalue weighted by molar-refractivity contribution is 0.0692. The van der Waals surface area contributed by atoms with E-state index >= 15 is 0 Å². The zero-order valence-electron chi connectivity index (χ0n) is 10.4. The van der Waals surface area contributed by atoms with Gasteiger partial charge in [-0.15, -0.1) is 0 Å². The van der Waals surface area contributed by atoms with E-state index in [4.69, 9.17) is 9.84 Å². The molecule has 1 N–H and O–H groups in total. The van der Waals surface area contributed by atoms with E-state index in [1.165, 1.54) is 12.1 Å². The fourth-order valence-corrected chi connectivity index (χ4v) is 2.32. The van der Waals surface area contributed by atoms with Crippen LogP contribution in [0, 0.1) is 5.82 Å². The molecule has 4 nitrogen and oxygen atoms in total. The fraction of sp³-hybridized carbons (Fsp3) is 0.462. The molecule has 0 aromatic heterocycles. The zero-order chi connectivity index (χ0) is 13.3. The first kappa shape index (κ1) is 12.8. The molecule has 5 heteroatoms. The fourth-order valence-electron chi connectivity index (χ4n) is 2.32. The number of carboxylic acids is 1. The summed E-state index contributed by atoms with van der Waals surface area (Å²) in [4.78, 5) is 12.7. The largest absolute Gasteiger partial charge is 0.478 e. The van der Waals surface area contributed by atoms with Crippen LogP contribution in [0.15, 0.2) is 18.2 Å². The van der Waals surface area contributed by atoms with Crippen molar-refractivity contribution in [3.8, 4) is 0 Å². The Hall–Kier alpha value is -1.62. The van der Waals surface area contributed by atoms with Gasteiger partial charge in [-0.05, 0) is 31.5 Å². The van der Waals surface area contributed by atoms with Gasteiger partial charge in [0.15, 0.2) is 0 Å². The van der Waals surface area contributed by atoms with E-state index in [0.717, 1.165) is 6.42 Å². The molecule has 1 aliphatic rings. The number of likely N-dealkylation sites (N-methyl/N-ethyl adjacent to an activating group) is 1. The van der Waals surface area contributed by atoms with Gasteiger partial charge in [-0.1, -0.05) is 0 Å². The van der Waals surface area contributed by atoms with Crippen LogP contribution >= 0.6 is 0 Å². The molecule has 0 amide bonds. The number of aromatic carboxylic acids is 1. The molecule has 0 bridgehead atoms. The first-order valence-electron chi connectivity index (χ1n) is 5.88. The molecular formula is C13H16FNO3. The molecule has 0 aliphatic carbocycles. The molecule has 1 heterocycles. The zero-order valence-corrected chi connectivity index (χ0v) is 10.4. The van der Waals surface area contributed by atoms with Crippen molar-refractivity contribution in [1.29, 1.82) is 0 Å². The van der Waals surface area contributed by atoms with E-state index in [2.05, 4.69) is 0 Å². The molecule has 0 radical (unpaired) electrons. The van der Waals surface area contributed by atoms with Crippen LogP contribution in [-0.4, -0.2) is 36.9 Å². The van der Waals surface area contributed by atoms with Gasteiger partial charge in [-0.2, -0.15) is 0 Å². The highest BCUT2D eigenvalue weighted by atomic mass is 19.1. The lowest BCUT2D eigenvalue weighted by Gasteiger charge is -2.28. The summed E-state index contributed by atoms with van der Waals surface area (Å²) < 4.78 is 19.1. The summed E-state index contributed by atoms with van der Waals surface area (Å²) in [6.45, 7) is 2.68. The second kappa shape index (κ2) is 4.94. The van der Waals surface area contributed by atoms with E-state index in [-0.39, 0.29) is 17.7 Å². The molecule has 0 spiro atoms. The summed E-state index contributed by atoms with van der Waals surface area (Å²) >= 11 is 0. The number of rotatable bonds is 3. The molecule has 1 fully saturated rings. The summed E-state index contributed by atoms with van der Waals surface area (Å²) in [6, 6.07) is 4.37. The van der Waals surface area contributed by atoms with Crippen molar-refractivity contribution in [1.82, 2.24) is 0 Å². The van der Waals surface area contributed by atoms with Crippen molar-refractivity contribution in [2.75, 3.05) is 18.6 Å². The SMILES string of the molecule is CC1OCCC1N(C)c1ccc(C(=O)O)c(F)c1. The van der Waals surface area contributed by atoms with Crippen molar-refractivity contribution in [3.05, 3.63) is 29.6 Å². The van der Waals surface area contributed by atoms with Crippen LogP contribution in [0.2, 0.25) is 0 Å². The average Bonchev–Trinajstić information content (AvgIpc) is 2.74. The van der Waals surface area contributed by atoms with E-state index in [9.17, 15) is 9.18 Å². The maximum atomic E-state index is 13.6. The Balaban J connectivity index is 2.23. The van der Waals surface area contributed by atoms with Crippen molar-refractivity contribution in [2.45, 2.75) is 25.5 Å². The molecule has 1 aliphatic heterocycles. The Kier molecular flexibility index (Phi) is 3.52. The van der Waals surface area contributed by atoms with Gasteiger partial charge >= 0.3 is 5.97 Å². The topological polar surface area (TPSA) is 49.8 Å². The first-order valence-corrected chi connectivity index (χ1v) is 5.88. The predicted octanol–water partition coefficient (Wildman–Crippen LogP) is 2.14. The Morgan fingerprint density at radius 3 is 2.78 bits per heavy atom. The summed E-state index contributed by atoms with van der Waals surface area (Å²) in [5.74, 6) is -1.96. The summed E-state index contributed by atoms with van der Waals surface area (Å²) in [6.07, 6.45) is 0.983. The Morgan fingerprint density at radius 1 is 1.56 bits per heavy atom. The van der Waals surface area contributed by atoms with Gasteiger partial charge in [-0.25, -0.2) is 9.18 Å². The highest BCUT2D eigenvalue weighted by molar-refractivity contribution is 5.88. The minimum atomic E-state index is -1.25. The first-order chi connectivity index (χ1) is 8.50. The van der Waals surface area contributed by atoms with Gasteiger partial charge in [0.05, 0.1) is 17.7 Å². The minimum absolute atomic E-state index is 0.0946. The van der Waals surface area contributed by atoms with Crippen LogP contribution in [-0.2, 0) is 4.74 Å². The van der Waals surface area contributed by atoms with Gasteiger partial charge in [0.1, 0.15) is 5.82 Å². The number of halogens is 1. The van der Waals surface area contributed by atoms with Crippen LogP contribution in [0.3, 0.4) is 0 Å². The standard InChI is InChI=1S/C13H16FNO3/c1-8-12(5-6-18-8)15(2)9-3-4-10(13(16)17)11(14)7-9/h3-4,7-8,12H,5-6H2,1-2H3,(H,16,17). The molecule has 0 saturated carbocycles. The third-order valence-corrected chi connectivity index (χ3v) is 3.42. The Morgan fingerprint density at radius 2 is 2.28 bits per heavy atom. The van der Waals surface area contributed by atoms with Crippen LogP contribution < -0.4 is 4.90 Å². The summed E-state index contributed by atoms with van der Waals surface area (Å²) in [7, 11) is 1.87. The lowest BCUT2D eigenvalue weighted by atomic mass is 10.1. The highest BCUT2D eigenvalue weighted by Gasteiger charge is 2.28. The molecule has 1 saturated heterocycles. The molecule has 2 atom stereocenters. The van der Waals surface area contributed by atoms with Crippen LogP contribution in [0.1, 0.15) is 23.7 Å². The summed E-state index contributed by atoms with van der Waals surface area (Å²) in [5.41, 5.74) is 0.364. The predicted molar refractivity (Wildman–Crippen MR) is 65.6 cm³/mol. The van der Waals surface area contributed by atoms with Gasteiger partial charge in [0, 0.05) is 19.3 Å². The maximum Gasteiger partial charge on any atom is 0.338 e. The smallest absolute Gasteiger partial charge is 0.338 e. The van der Waals surface area contributed by atoms with Gasteiger partial charge in [0.25, 0.3) is 0 Å². The number of carbonyl (C=O) groups is 1. The number of anilines is 1. The van der Waals surface area contributed by atoms with Crippen molar-refractivity contribution in [3.63, 3.8) is 0 Å². The number of hydrogen-bond acceptors (Lipinski definition) is 3. The minimum Gasteiger partial charge on any atom is -0.478 e. The molecule has 1 aromatic rings. The summed E-state index contributed by atoms with van der Waals surface area (Å²) in [5, 5.41) is 8.78. The second-order valence-electron chi connectivity index (χ2n) is 4.51. The third kappa shape index (κ3) is 2.31. The molecule has 2 rings (SSSR count). The van der Waals surface area contributed by atoms with Crippen LogP contribution in [0.5, 0.6) is 0 Å². The van der Waals surface area contributed by atoms with Crippen LogP contribution in [0.4, 0.5) is 10.1 Å². The molecule has 2 unspecified atom stereocenters. The Bertz CT molecular complexity index is 464. The Labute approximate surface area is 105 Å². The molecular weight excluding hydrogens is 237 g/mol. The number of hydrogen-bond donors (Lipinski definition) is 1. The average molecular weight is 253 g/mol. The van der Waals surface area contributed by atoms with E-state index in [0.29, 0.717) is 12.3 Å².